The smallest absolute Gasteiger partial charge is 0.109 e. The maximum Gasteiger partial charge on any atom is 0.109 e. The Morgan fingerprint density at radius 1 is 1.55 bits per heavy atom. The number of fused-ring (bicyclic) bond motifs is 1. The van der Waals surface area contributed by atoms with Crippen LogP contribution in [-0.2, 0) is 7.05 Å². The quantitative estimate of drug-likeness (QED) is 0.665. The molecule has 11 heavy (non-hydrogen) atoms. The number of aryl methyl sites for hydroxylation is 1. The van der Waals surface area contributed by atoms with Gasteiger partial charge in [0.05, 0.1) is 6.20 Å². The predicted octanol–water partition coefficient (Wildman–Crippen LogP) is 1.73. The van der Waals surface area contributed by atoms with E-state index >= 15 is 0 Å². The van der Waals surface area contributed by atoms with Gasteiger partial charge in [0.2, 0.25) is 0 Å². The minimum Gasteiger partial charge on any atom is -0.265 e. The van der Waals surface area contributed by atoms with Crippen molar-refractivity contribution in [2.75, 3.05) is 0 Å². The highest BCUT2D eigenvalue weighted by atomic mass is 79.9. The molecular weight excluding hydrogens is 206 g/mol. The molecular formula is C7H6BrN3. The predicted molar refractivity (Wildman–Crippen MR) is 46.2 cm³/mol. The number of aromatic nitrogens is 3. The van der Waals surface area contributed by atoms with Crippen LogP contribution in [0.4, 0.5) is 0 Å². The summed E-state index contributed by atoms with van der Waals surface area (Å²) in [7, 11) is 1.90. The molecule has 0 fully saturated rings. The lowest BCUT2D eigenvalue weighted by molar-refractivity contribution is 0.795. The van der Waals surface area contributed by atoms with E-state index in [1.165, 1.54) is 0 Å². The summed E-state index contributed by atoms with van der Waals surface area (Å²) in [5.41, 5.74) is 1.95. The Balaban J connectivity index is 2.96. The van der Waals surface area contributed by atoms with Crippen molar-refractivity contribution in [2.24, 2.45) is 7.05 Å². The van der Waals surface area contributed by atoms with E-state index in [-0.39, 0.29) is 0 Å². The molecule has 0 atom stereocenters. The van der Waals surface area contributed by atoms with Crippen LogP contribution in [-0.4, -0.2) is 14.8 Å². The lowest BCUT2D eigenvalue weighted by atomic mass is 10.4. The first-order chi connectivity index (χ1) is 5.29. The fraction of sp³-hybridized carbons (Fsp3) is 0.143. The lowest BCUT2D eigenvalue weighted by Crippen LogP contribution is -1.89. The van der Waals surface area contributed by atoms with Gasteiger partial charge in [0.15, 0.2) is 0 Å². The minimum atomic E-state index is 0.918. The molecule has 0 bridgehead atoms. The number of nitrogens with zero attached hydrogens (tertiary/aromatic N) is 3. The molecule has 0 N–H and O–H groups in total. The Kier molecular flexibility index (Phi) is 1.42. The van der Waals surface area contributed by atoms with Crippen molar-refractivity contribution in [3.63, 3.8) is 0 Å². The second kappa shape index (κ2) is 2.30. The second-order valence-corrected chi connectivity index (χ2v) is 3.15. The van der Waals surface area contributed by atoms with Crippen molar-refractivity contribution >= 4 is 27.0 Å². The number of hydrogen-bond donors (Lipinski definition) is 0. The molecule has 0 unspecified atom stereocenters. The summed E-state index contributed by atoms with van der Waals surface area (Å²) in [6.07, 6.45) is 3.51. The van der Waals surface area contributed by atoms with E-state index in [1.807, 2.05) is 13.1 Å². The highest BCUT2D eigenvalue weighted by molar-refractivity contribution is 9.10. The maximum atomic E-state index is 4.15. The molecule has 2 rings (SSSR count). The Morgan fingerprint density at radius 2 is 2.36 bits per heavy atom. The summed E-state index contributed by atoms with van der Waals surface area (Å²) in [6.45, 7) is 0. The van der Waals surface area contributed by atoms with Gasteiger partial charge in [-0.3, -0.25) is 9.67 Å². The fourth-order valence-corrected chi connectivity index (χ4v) is 1.64. The Labute approximate surface area is 72.2 Å². The SMILES string of the molecule is Cn1ncc2nccc(Br)c21. The fourth-order valence-electron chi connectivity index (χ4n) is 1.06. The zero-order valence-electron chi connectivity index (χ0n) is 5.95. The standard InChI is InChI=1S/C7H6BrN3/c1-11-7-5(8)2-3-9-6(7)4-10-11/h2-4H,1H3. The third-order valence-electron chi connectivity index (χ3n) is 1.58. The van der Waals surface area contributed by atoms with Crippen molar-refractivity contribution in [2.45, 2.75) is 0 Å². The third-order valence-corrected chi connectivity index (χ3v) is 2.22. The molecule has 0 aliphatic rings. The van der Waals surface area contributed by atoms with Gasteiger partial charge in [0, 0.05) is 17.7 Å². The molecule has 0 amide bonds. The monoisotopic (exact) mass is 211 g/mol. The normalized spacial score (nSPS) is 10.7. The number of hydrogen-bond acceptors (Lipinski definition) is 2. The van der Waals surface area contributed by atoms with Crippen LogP contribution in [0.25, 0.3) is 11.0 Å². The molecule has 0 saturated carbocycles. The molecule has 2 aromatic rings. The van der Waals surface area contributed by atoms with Gasteiger partial charge in [-0.15, -0.1) is 0 Å². The highest BCUT2D eigenvalue weighted by Gasteiger charge is 2.02. The molecule has 0 radical (unpaired) electrons. The van der Waals surface area contributed by atoms with E-state index in [0.717, 1.165) is 15.5 Å². The molecule has 0 aromatic carbocycles. The first-order valence-electron chi connectivity index (χ1n) is 3.21. The van der Waals surface area contributed by atoms with Gasteiger partial charge in [-0.1, -0.05) is 0 Å². The number of rotatable bonds is 0. The van der Waals surface area contributed by atoms with E-state index in [4.69, 9.17) is 0 Å². The van der Waals surface area contributed by atoms with Crippen molar-refractivity contribution in [3.05, 3.63) is 22.9 Å². The van der Waals surface area contributed by atoms with Gasteiger partial charge in [0.1, 0.15) is 11.0 Å². The van der Waals surface area contributed by atoms with Crippen LogP contribution >= 0.6 is 15.9 Å². The van der Waals surface area contributed by atoms with Crippen molar-refractivity contribution in [1.29, 1.82) is 0 Å². The Bertz CT molecular complexity index is 393. The van der Waals surface area contributed by atoms with Gasteiger partial charge >= 0.3 is 0 Å². The zero-order chi connectivity index (χ0) is 7.84. The van der Waals surface area contributed by atoms with Crippen LogP contribution in [0.1, 0.15) is 0 Å². The van der Waals surface area contributed by atoms with Gasteiger partial charge in [0.25, 0.3) is 0 Å². The number of halogens is 1. The highest BCUT2D eigenvalue weighted by Crippen LogP contribution is 2.20. The molecule has 0 saturated heterocycles. The van der Waals surface area contributed by atoms with Crippen LogP contribution in [0.2, 0.25) is 0 Å². The van der Waals surface area contributed by atoms with Crippen LogP contribution in [0.5, 0.6) is 0 Å². The Hall–Kier alpha value is -0.900. The minimum absolute atomic E-state index is 0.918. The molecule has 3 nitrogen and oxygen atoms in total. The topological polar surface area (TPSA) is 30.7 Å². The van der Waals surface area contributed by atoms with Gasteiger partial charge < -0.3 is 0 Å². The average molecular weight is 212 g/mol. The largest absolute Gasteiger partial charge is 0.265 e. The molecule has 2 aromatic heterocycles. The summed E-state index contributed by atoms with van der Waals surface area (Å²) in [5.74, 6) is 0. The van der Waals surface area contributed by atoms with Crippen LogP contribution in [0, 0.1) is 0 Å². The summed E-state index contributed by atoms with van der Waals surface area (Å²) in [4.78, 5) is 4.15. The molecule has 0 aliphatic carbocycles. The zero-order valence-corrected chi connectivity index (χ0v) is 7.54. The summed E-state index contributed by atoms with van der Waals surface area (Å²) in [5, 5.41) is 4.08. The summed E-state index contributed by atoms with van der Waals surface area (Å²) in [6, 6.07) is 1.91. The Morgan fingerprint density at radius 3 is 3.09 bits per heavy atom. The van der Waals surface area contributed by atoms with Crippen LogP contribution in [0.3, 0.4) is 0 Å². The van der Waals surface area contributed by atoms with Gasteiger partial charge in [-0.05, 0) is 22.0 Å². The second-order valence-electron chi connectivity index (χ2n) is 2.29. The molecule has 2 heterocycles. The molecule has 4 heteroatoms. The van der Waals surface area contributed by atoms with Crippen LogP contribution < -0.4 is 0 Å². The average Bonchev–Trinajstić information content (AvgIpc) is 2.34. The van der Waals surface area contributed by atoms with E-state index in [0.29, 0.717) is 0 Å². The van der Waals surface area contributed by atoms with Crippen LogP contribution in [0.15, 0.2) is 22.9 Å². The van der Waals surface area contributed by atoms with E-state index in [2.05, 4.69) is 26.0 Å². The number of pyridine rings is 1. The maximum absolute atomic E-state index is 4.15. The lowest BCUT2D eigenvalue weighted by Gasteiger charge is -1.94. The first-order valence-corrected chi connectivity index (χ1v) is 4.00. The van der Waals surface area contributed by atoms with Crippen molar-refractivity contribution in [1.82, 2.24) is 14.8 Å². The van der Waals surface area contributed by atoms with Gasteiger partial charge in [-0.2, -0.15) is 5.10 Å². The summed E-state index contributed by atoms with van der Waals surface area (Å²) < 4.78 is 2.83. The first kappa shape index (κ1) is 6.79. The third kappa shape index (κ3) is 0.939. The molecule has 0 aliphatic heterocycles. The van der Waals surface area contributed by atoms with E-state index < -0.39 is 0 Å². The molecule has 56 valence electrons. The van der Waals surface area contributed by atoms with Gasteiger partial charge in [-0.25, -0.2) is 0 Å². The van der Waals surface area contributed by atoms with E-state index in [9.17, 15) is 0 Å². The summed E-state index contributed by atoms with van der Waals surface area (Å²) >= 11 is 3.43. The van der Waals surface area contributed by atoms with Crippen molar-refractivity contribution < 1.29 is 0 Å². The molecule has 0 spiro atoms. The van der Waals surface area contributed by atoms with E-state index in [1.54, 1.807) is 17.1 Å². The van der Waals surface area contributed by atoms with Crippen molar-refractivity contribution in [3.8, 4) is 0 Å².